The number of nitrogens with zero attached hydrogens (tertiary/aromatic N) is 3. The number of carbonyl (C=O) groups is 4. The number of hydrogen-bond acceptors (Lipinski definition) is 7. The van der Waals surface area contributed by atoms with Gasteiger partial charge in [-0.3, -0.25) is 29.0 Å². The fourth-order valence-corrected chi connectivity index (χ4v) is 4.44. The number of imide groups is 1. The van der Waals surface area contributed by atoms with Gasteiger partial charge in [-0.2, -0.15) is 0 Å². The summed E-state index contributed by atoms with van der Waals surface area (Å²) in [5.74, 6) is -1.72. The third-order valence-corrected chi connectivity index (χ3v) is 5.65. The van der Waals surface area contributed by atoms with Gasteiger partial charge < -0.3 is 4.74 Å². The van der Waals surface area contributed by atoms with Crippen LogP contribution in [-0.2, 0) is 30.5 Å². The molecule has 1 saturated heterocycles. The van der Waals surface area contributed by atoms with Crippen molar-refractivity contribution < 1.29 is 23.9 Å². The van der Waals surface area contributed by atoms with E-state index in [0.717, 1.165) is 16.0 Å². The summed E-state index contributed by atoms with van der Waals surface area (Å²) in [7, 11) is 0. The number of halogens is 1. The SMILES string of the molecule is CC(=O)N(c1nc(COC(=O)CN2C(=O)CCC2=O)cs1)c1c(C)cc(C)cc1Cl. The Bertz CT molecular complexity index is 996. The van der Waals surface area contributed by atoms with E-state index < -0.39 is 12.5 Å². The van der Waals surface area contributed by atoms with Crippen LogP contribution in [0.25, 0.3) is 0 Å². The molecule has 1 fully saturated rings. The van der Waals surface area contributed by atoms with Crippen LogP contribution in [0.3, 0.4) is 0 Å². The van der Waals surface area contributed by atoms with Crippen molar-refractivity contribution >= 4 is 57.4 Å². The minimum Gasteiger partial charge on any atom is -0.458 e. The zero-order valence-corrected chi connectivity index (χ0v) is 18.3. The summed E-state index contributed by atoms with van der Waals surface area (Å²) in [4.78, 5) is 54.2. The van der Waals surface area contributed by atoms with Gasteiger partial charge in [-0.25, -0.2) is 4.98 Å². The van der Waals surface area contributed by atoms with Crippen molar-refractivity contribution in [1.82, 2.24) is 9.88 Å². The summed E-state index contributed by atoms with van der Waals surface area (Å²) in [5, 5.41) is 2.50. The van der Waals surface area contributed by atoms with Crippen molar-refractivity contribution in [1.29, 1.82) is 0 Å². The van der Waals surface area contributed by atoms with E-state index in [-0.39, 0.29) is 37.2 Å². The average molecular weight is 450 g/mol. The minimum atomic E-state index is -0.700. The highest BCUT2D eigenvalue weighted by molar-refractivity contribution is 7.14. The number of anilines is 2. The molecule has 0 aliphatic carbocycles. The molecule has 3 rings (SSSR count). The molecule has 2 heterocycles. The number of aromatic nitrogens is 1. The van der Waals surface area contributed by atoms with Gasteiger partial charge in [0.25, 0.3) is 0 Å². The van der Waals surface area contributed by atoms with Crippen LogP contribution in [0.15, 0.2) is 17.5 Å². The molecule has 30 heavy (non-hydrogen) atoms. The molecule has 158 valence electrons. The number of benzene rings is 1. The fraction of sp³-hybridized carbons (Fsp3) is 0.350. The maximum absolute atomic E-state index is 12.3. The van der Waals surface area contributed by atoms with E-state index in [9.17, 15) is 19.2 Å². The maximum Gasteiger partial charge on any atom is 0.326 e. The monoisotopic (exact) mass is 449 g/mol. The Labute approximate surface area is 182 Å². The number of rotatable bonds is 6. The zero-order chi connectivity index (χ0) is 22.0. The number of likely N-dealkylation sites (tertiary alicyclic amines) is 1. The van der Waals surface area contributed by atoms with Gasteiger partial charge >= 0.3 is 5.97 Å². The van der Waals surface area contributed by atoms with Gasteiger partial charge in [0.15, 0.2) is 5.13 Å². The van der Waals surface area contributed by atoms with E-state index in [1.165, 1.54) is 23.2 Å². The van der Waals surface area contributed by atoms with E-state index in [4.69, 9.17) is 16.3 Å². The predicted octanol–water partition coefficient (Wildman–Crippen LogP) is 3.29. The molecule has 3 amide bonds. The van der Waals surface area contributed by atoms with Crippen molar-refractivity contribution in [2.75, 3.05) is 11.4 Å². The molecule has 1 aliphatic heterocycles. The number of hydrogen-bond donors (Lipinski definition) is 0. The molecule has 0 atom stereocenters. The van der Waals surface area contributed by atoms with E-state index in [1.54, 1.807) is 11.4 Å². The predicted molar refractivity (Wildman–Crippen MR) is 112 cm³/mol. The number of ether oxygens (including phenoxy) is 1. The van der Waals surface area contributed by atoms with Crippen LogP contribution >= 0.6 is 22.9 Å². The second-order valence-electron chi connectivity index (χ2n) is 6.92. The summed E-state index contributed by atoms with van der Waals surface area (Å²) >= 11 is 7.60. The topological polar surface area (TPSA) is 96.9 Å². The first-order valence-electron chi connectivity index (χ1n) is 9.18. The summed E-state index contributed by atoms with van der Waals surface area (Å²) in [6.45, 7) is 4.65. The van der Waals surface area contributed by atoms with Crippen LogP contribution in [0.1, 0.15) is 36.6 Å². The Morgan fingerprint density at radius 1 is 1.23 bits per heavy atom. The van der Waals surface area contributed by atoms with Crippen LogP contribution in [0, 0.1) is 13.8 Å². The van der Waals surface area contributed by atoms with Crippen molar-refractivity contribution in [3.63, 3.8) is 0 Å². The Kier molecular flexibility index (Phi) is 6.52. The van der Waals surface area contributed by atoms with Crippen LogP contribution in [-0.4, -0.2) is 40.1 Å². The summed E-state index contributed by atoms with van der Waals surface area (Å²) in [6, 6.07) is 3.70. The zero-order valence-electron chi connectivity index (χ0n) is 16.7. The Balaban J connectivity index is 1.71. The third-order valence-electron chi connectivity index (χ3n) is 4.49. The maximum atomic E-state index is 12.3. The smallest absolute Gasteiger partial charge is 0.326 e. The number of carbonyl (C=O) groups excluding carboxylic acids is 4. The molecule has 2 aromatic rings. The van der Waals surface area contributed by atoms with Gasteiger partial charge in [0.05, 0.1) is 16.4 Å². The molecule has 1 aliphatic rings. The van der Waals surface area contributed by atoms with Gasteiger partial charge in [0, 0.05) is 25.1 Å². The van der Waals surface area contributed by atoms with Gasteiger partial charge in [0.2, 0.25) is 17.7 Å². The molecule has 0 unspecified atom stereocenters. The Morgan fingerprint density at radius 3 is 2.50 bits per heavy atom. The normalized spacial score (nSPS) is 13.7. The summed E-state index contributed by atoms with van der Waals surface area (Å²) in [6.07, 6.45) is 0.229. The van der Waals surface area contributed by atoms with Crippen LogP contribution in [0.2, 0.25) is 5.02 Å². The molecule has 1 aromatic carbocycles. The first-order chi connectivity index (χ1) is 14.2. The van der Waals surface area contributed by atoms with Crippen LogP contribution in [0.4, 0.5) is 10.8 Å². The lowest BCUT2D eigenvalue weighted by molar-refractivity contribution is -0.153. The molecule has 0 bridgehead atoms. The first-order valence-corrected chi connectivity index (χ1v) is 10.4. The standard InChI is InChI=1S/C20H20ClN3O5S/c1-11-6-12(2)19(15(21)7-11)24(13(3)25)20-22-14(10-30-20)9-29-18(28)8-23-16(26)4-5-17(23)27/h6-7,10H,4-5,8-9H2,1-3H3. The molecule has 8 nitrogen and oxygen atoms in total. The van der Waals surface area contributed by atoms with Crippen LogP contribution < -0.4 is 4.90 Å². The summed E-state index contributed by atoms with van der Waals surface area (Å²) in [5.41, 5.74) is 2.80. The van der Waals surface area contributed by atoms with Gasteiger partial charge in [0.1, 0.15) is 13.2 Å². The third kappa shape index (κ3) is 4.68. The van der Waals surface area contributed by atoms with E-state index >= 15 is 0 Å². The number of aryl methyl sites for hydroxylation is 2. The van der Waals surface area contributed by atoms with Gasteiger partial charge in [-0.15, -0.1) is 11.3 Å². The molecule has 0 radical (unpaired) electrons. The second kappa shape index (κ2) is 8.93. The fourth-order valence-electron chi connectivity index (χ4n) is 3.17. The minimum absolute atomic E-state index is 0.115. The number of esters is 1. The second-order valence-corrected chi connectivity index (χ2v) is 8.17. The molecular formula is C20H20ClN3O5S. The molecule has 10 heteroatoms. The molecule has 0 spiro atoms. The van der Waals surface area contributed by atoms with Crippen molar-refractivity contribution in [3.8, 4) is 0 Å². The highest BCUT2D eigenvalue weighted by Crippen LogP contribution is 2.37. The first kappa shape index (κ1) is 21.9. The van der Waals surface area contributed by atoms with Gasteiger partial charge in [-0.05, 0) is 31.0 Å². The number of thiazole rings is 1. The molecular weight excluding hydrogens is 430 g/mol. The van der Waals surface area contributed by atoms with Crippen LogP contribution in [0.5, 0.6) is 0 Å². The largest absolute Gasteiger partial charge is 0.458 e. The highest BCUT2D eigenvalue weighted by Gasteiger charge is 2.31. The lowest BCUT2D eigenvalue weighted by Gasteiger charge is -2.22. The quantitative estimate of drug-likeness (QED) is 0.496. The molecule has 0 saturated carbocycles. The lowest BCUT2D eigenvalue weighted by Crippen LogP contribution is -2.35. The average Bonchev–Trinajstić information content (AvgIpc) is 3.24. The van der Waals surface area contributed by atoms with E-state index in [2.05, 4.69) is 4.98 Å². The number of amides is 3. The molecule has 0 N–H and O–H groups in total. The van der Waals surface area contributed by atoms with E-state index in [1.807, 2.05) is 19.9 Å². The van der Waals surface area contributed by atoms with Crippen molar-refractivity contribution in [2.24, 2.45) is 0 Å². The van der Waals surface area contributed by atoms with Crippen molar-refractivity contribution in [2.45, 2.75) is 40.2 Å². The highest BCUT2D eigenvalue weighted by atomic mass is 35.5. The Morgan fingerprint density at radius 2 is 1.90 bits per heavy atom. The Hall–Kier alpha value is -2.78. The molecule has 1 aromatic heterocycles. The van der Waals surface area contributed by atoms with E-state index in [0.29, 0.717) is 21.5 Å². The van der Waals surface area contributed by atoms with Gasteiger partial charge in [-0.1, -0.05) is 17.7 Å². The van der Waals surface area contributed by atoms with Crippen molar-refractivity contribution in [3.05, 3.63) is 39.4 Å². The summed E-state index contributed by atoms with van der Waals surface area (Å²) < 4.78 is 5.14. The lowest BCUT2D eigenvalue weighted by atomic mass is 10.1.